The molecule has 0 radical (unpaired) electrons. The first-order valence-corrected chi connectivity index (χ1v) is 8.16. The van der Waals surface area contributed by atoms with Gasteiger partial charge in [-0.3, -0.25) is 0 Å². The molecule has 2 aromatic carbocycles. The van der Waals surface area contributed by atoms with Gasteiger partial charge in [-0.1, -0.05) is 47.7 Å². The molecule has 116 valence electrons. The van der Waals surface area contributed by atoms with E-state index in [4.69, 9.17) is 4.74 Å². The molecular weight excluding hydrogens is 288 g/mol. The topological polar surface area (TPSA) is 43.2 Å². The van der Waals surface area contributed by atoms with Crippen LogP contribution in [0.25, 0.3) is 11.0 Å². The Morgan fingerprint density at radius 2 is 1.78 bits per heavy atom. The van der Waals surface area contributed by atoms with Gasteiger partial charge >= 0.3 is 0 Å². The SMILES string of the molecule is c1ccc([C@H]2CO[C@H]3CC[C@@H](n4nnc5ccccc54)N32)cc1. The van der Waals surface area contributed by atoms with Crippen LogP contribution in [0.4, 0.5) is 0 Å². The predicted octanol–water partition coefficient (Wildman–Crippen LogP) is 3.12. The highest BCUT2D eigenvalue weighted by molar-refractivity contribution is 5.73. The molecule has 0 spiro atoms. The Bertz CT molecular complexity index is 831. The van der Waals surface area contributed by atoms with Crippen molar-refractivity contribution >= 4 is 11.0 Å². The first kappa shape index (κ1) is 13.2. The minimum Gasteiger partial charge on any atom is -0.361 e. The van der Waals surface area contributed by atoms with Gasteiger partial charge in [0.1, 0.15) is 17.9 Å². The van der Waals surface area contributed by atoms with E-state index in [0.29, 0.717) is 0 Å². The van der Waals surface area contributed by atoms with Crippen LogP contribution in [0.2, 0.25) is 0 Å². The Morgan fingerprint density at radius 3 is 2.70 bits per heavy atom. The number of ether oxygens (including phenoxy) is 1. The number of nitrogens with zero attached hydrogens (tertiary/aromatic N) is 4. The smallest absolute Gasteiger partial charge is 0.113 e. The van der Waals surface area contributed by atoms with Gasteiger partial charge in [0.25, 0.3) is 0 Å². The number of aromatic nitrogens is 3. The lowest BCUT2D eigenvalue weighted by Gasteiger charge is -2.29. The fourth-order valence-corrected chi connectivity index (χ4v) is 3.95. The highest BCUT2D eigenvalue weighted by Crippen LogP contribution is 2.44. The third-order valence-electron chi connectivity index (χ3n) is 5.00. The zero-order valence-electron chi connectivity index (χ0n) is 12.7. The van der Waals surface area contributed by atoms with Crippen LogP contribution in [-0.2, 0) is 4.74 Å². The summed E-state index contributed by atoms with van der Waals surface area (Å²) in [5.74, 6) is 0. The van der Waals surface area contributed by atoms with E-state index in [9.17, 15) is 0 Å². The molecule has 5 nitrogen and oxygen atoms in total. The van der Waals surface area contributed by atoms with Gasteiger partial charge in [0.15, 0.2) is 0 Å². The number of hydrogen-bond acceptors (Lipinski definition) is 4. The van der Waals surface area contributed by atoms with Gasteiger partial charge in [-0.2, -0.15) is 0 Å². The van der Waals surface area contributed by atoms with E-state index >= 15 is 0 Å². The van der Waals surface area contributed by atoms with E-state index in [1.54, 1.807) is 0 Å². The lowest BCUT2D eigenvalue weighted by Crippen LogP contribution is -2.33. The van der Waals surface area contributed by atoms with E-state index in [-0.39, 0.29) is 18.4 Å². The molecule has 2 aliphatic rings. The number of fused-ring (bicyclic) bond motifs is 2. The van der Waals surface area contributed by atoms with Crippen LogP contribution >= 0.6 is 0 Å². The zero-order chi connectivity index (χ0) is 15.2. The fraction of sp³-hybridized carbons (Fsp3) is 0.333. The Kier molecular flexibility index (Phi) is 2.96. The van der Waals surface area contributed by atoms with Crippen LogP contribution in [-0.4, -0.2) is 32.7 Å². The van der Waals surface area contributed by atoms with Crippen LogP contribution in [0.5, 0.6) is 0 Å². The Morgan fingerprint density at radius 1 is 0.957 bits per heavy atom. The molecule has 0 N–H and O–H groups in total. The van der Waals surface area contributed by atoms with Crippen molar-refractivity contribution < 1.29 is 4.74 Å². The number of rotatable bonds is 2. The molecule has 0 amide bonds. The molecule has 2 fully saturated rings. The average Bonchev–Trinajstić information content (AvgIpc) is 3.30. The summed E-state index contributed by atoms with van der Waals surface area (Å²) < 4.78 is 8.12. The van der Waals surface area contributed by atoms with Gasteiger partial charge in [-0.25, -0.2) is 9.58 Å². The van der Waals surface area contributed by atoms with Gasteiger partial charge in [-0.15, -0.1) is 5.10 Å². The van der Waals surface area contributed by atoms with Crippen LogP contribution in [0.1, 0.15) is 30.6 Å². The minimum atomic E-state index is 0.188. The normalized spacial score (nSPS) is 27.6. The lowest BCUT2D eigenvalue weighted by atomic mass is 10.1. The molecule has 5 heteroatoms. The van der Waals surface area contributed by atoms with Crippen molar-refractivity contribution in [3.8, 4) is 0 Å². The number of benzene rings is 2. The second-order valence-corrected chi connectivity index (χ2v) is 6.24. The van der Waals surface area contributed by atoms with E-state index in [0.717, 1.165) is 30.5 Å². The largest absolute Gasteiger partial charge is 0.361 e. The van der Waals surface area contributed by atoms with Crippen molar-refractivity contribution in [2.24, 2.45) is 0 Å². The molecule has 3 aromatic rings. The maximum Gasteiger partial charge on any atom is 0.113 e. The van der Waals surface area contributed by atoms with E-state index in [1.165, 1.54) is 5.56 Å². The Labute approximate surface area is 134 Å². The van der Waals surface area contributed by atoms with E-state index < -0.39 is 0 Å². The van der Waals surface area contributed by atoms with Gasteiger partial charge in [0.05, 0.1) is 18.2 Å². The van der Waals surface area contributed by atoms with Crippen LogP contribution in [0.15, 0.2) is 54.6 Å². The second-order valence-electron chi connectivity index (χ2n) is 6.24. The molecule has 3 atom stereocenters. The van der Waals surface area contributed by atoms with Gasteiger partial charge in [-0.05, 0) is 30.5 Å². The molecule has 0 bridgehead atoms. The summed E-state index contributed by atoms with van der Waals surface area (Å²) >= 11 is 0. The molecule has 2 aliphatic heterocycles. The van der Waals surface area contributed by atoms with E-state index in [2.05, 4.69) is 56.3 Å². The first-order valence-electron chi connectivity index (χ1n) is 8.16. The molecule has 3 heterocycles. The molecule has 0 unspecified atom stereocenters. The van der Waals surface area contributed by atoms with Crippen molar-refractivity contribution in [3.05, 3.63) is 60.2 Å². The van der Waals surface area contributed by atoms with Gasteiger partial charge in [0, 0.05) is 0 Å². The summed E-state index contributed by atoms with van der Waals surface area (Å²) in [6.07, 6.45) is 2.48. The van der Waals surface area contributed by atoms with Crippen LogP contribution < -0.4 is 0 Å². The summed E-state index contributed by atoms with van der Waals surface area (Å²) in [5.41, 5.74) is 3.36. The zero-order valence-corrected chi connectivity index (χ0v) is 12.7. The molecule has 0 saturated carbocycles. The molecule has 1 aromatic heterocycles. The lowest BCUT2D eigenvalue weighted by molar-refractivity contribution is 0.0307. The van der Waals surface area contributed by atoms with Gasteiger partial charge < -0.3 is 4.74 Å². The maximum atomic E-state index is 6.05. The van der Waals surface area contributed by atoms with Crippen molar-refractivity contribution in [2.45, 2.75) is 31.3 Å². The minimum absolute atomic E-state index is 0.188. The quantitative estimate of drug-likeness (QED) is 0.729. The monoisotopic (exact) mass is 306 g/mol. The number of hydrogen-bond donors (Lipinski definition) is 0. The Hall–Kier alpha value is -2.24. The highest BCUT2D eigenvalue weighted by Gasteiger charge is 2.45. The maximum absolute atomic E-state index is 6.05. The van der Waals surface area contributed by atoms with Crippen LogP contribution in [0, 0.1) is 0 Å². The first-order chi connectivity index (χ1) is 11.4. The summed E-state index contributed by atoms with van der Waals surface area (Å²) in [6, 6.07) is 19.1. The summed E-state index contributed by atoms with van der Waals surface area (Å²) in [5, 5.41) is 8.76. The fourth-order valence-electron chi connectivity index (χ4n) is 3.95. The third kappa shape index (κ3) is 2.00. The summed E-state index contributed by atoms with van der Waals surface area (Å²) in [6.45, 7) is 0.748. The standard InChI is InChI=1S/C18H18N4O/c1-2-6-13(7-3-1)16-12-23-18-11-10-17(21(16)18)22-15-9-5-4-8-14(15)19-20-22/h1-9,16-18H,10-12H2/t16-,17-,18+/m1/s1. The third-order valence-corrected chi connectivity index (χ3v) is 5.00. The van der Waals surface area contributed by atoms with Crippen molar-refractivity contribution in [2.75, 3.05) is 6.61 Å². The molecule has 23 heavy (non-hydrogen) atoms. The van der Waals surface area contributed by atoms with Crippen molar-refractivity contribution in [3.63, 3.8) is 0 Å². The van der Waals surface area contributed by atoms with Crippen molar-refractivity contribution in [1.29, 1.82) is 0 Å². The van der Waals surface area contributed by atoms with Gasteiger partial charge in [0.2, 0.25) is 0 Å². The average molecular weight is 306 g/mol. The second kappa shape index (κ2) is 5.15. The molecular formula is C18H18N4O. The molecule has 2 saturated heterocycles. The van der Waals surface area contributed by atoms with E-state index in [1.807, 2.05) is 18.2 Å². The highest BCUT2D eigenvalue weighted by atomic mass is 16.5. The summed E-state index contributed by atoms with van der Waals surface area (Å²) in [7, 11) is 0. The number of para-hydroxylation sites is 1. The predicted molar refractivity (Wildman–Crippen MR) is 86.6 cm³/mol. The molecule has 0 aliphatic carbocycles. The Balaban J connectivity index is 1.56. The molecule has 5 rings (SSSR count). The van der Waals surface area contributed by atoms with Crippen molar-refractivity contribution in [1.82, 2.24) is 19.9 Å². The summed E-state index contributed by atoms with van der Waals surface area (Å²) in [4.78, 5) is 2.47. The van der Waals surface area contributed by atoms with Crippen LogP contribution in [0.3, 0.4) is 0 Å².